The number of ether oxygens (including phenoxy) is 2. The number of ketones is 1. The zero-order valence-electron chi connectivity index (χ0n) is 21.0. The molecule has 0 spiro atoms. The molecule has 12 nitrogen and oxygen atoms in total. The minimum Gasteiger partial charge on any atom is -0.369 e. The number of nitrogens with one attached hydrogen (secondary N) is 1. The van der Waals surface area contributed by atoms with Crippen LogP contribution in [0.4, 0.5) is 0 Å². The van der Waals surface area contributed by atoms with Gasteiger partial charge in [0, 0.05) is 0 Å². The summed E-state index contributed by atoms with van der Waals surface area (Å²) >= 11 is 0. The number of rotatable bonds is 11. The van der Waals surface area contributed by atoms with Crippen LogP contribution in [0.15, 0.2) is 90.5 Å². The van der Waals surface area contributed by atoms with E-state index in [0.717, 1.165) is 11.1 Å². The molecule has 3 N–H and O–H groups in total. The number of nitrogens with two attached hydrogens (primary N) is 1. The molecule has 0 bridgehead atoms. The topological polar surface area (TPSA) is 159 Å². The number of carbonyl (C=O) groups is 2. The second-order valence-corrected chi connectivity index (χ2v) is 8.39. The number of imidazole rings is 2. The van der Waals surface area contributed by atoms with Crippen LogP contribution in [0, 0.1) is 0 Å². The SMILES string of the molecule is NC(=O)c1cncn1CC(=O)COCc1ccccc1.O=c1[nH]c(COCc2ccccc2)nn2cncc12. The molecule has 200 valence electrons. The minimum atomic E-state index is -0.611. The van der Waals surface area contributed by atoms with Crippen LogP contribution >= 0.6 is 0 Å². The van der Waals surface area contributed by atoms with Gasteiger partial charge in [0.05, 0.1) is 38.5 Å². The van der Waals surface area contributed by atoms with E-state index in [-0.39, 0.29) is 36.8 Å². The fourth-order valence-electron chi connectivity index (χ4n) is 3.53. The summed E-state index contributed by atoms with van der Waals surface area (Å²) < 4.78 is 13.7. The van der Waals surface area contributed by atoms with Crippen molar-refractivity contribution in [2.24, 2.45) is 5.73 Å². The van der Waals surface area contributed by atoms with Gasteiger partial charge < -0.3 is 24.8 Å². The molecule has 0 saturated carbocycles. The normalized spacial score (nSPS) is 10.7. The summed E-state index contributed by atoms with van der Waals surface area (Å²) in [6.07, 6.45) is 5.70. The Bertz CT molecular complexity index is 1560. The van der Waals surface area contributed by atoms with Gasteiger partial charge >= 0.3 is 0 Å². The number of aromatic amines is 1. The molecule has 1 amide bonds. The number of hydrogen-bond acceptors (Lipinski definition) is 8. The van der Waals surface area contributed by atoms with E-state index in [4.69, 9.17) is 15.2 Å². The van der Waals surface area contributed by atoms with E-state index in [2.05, 4.69) is 20.1 Å². The van der Waals surface area contributed by atoms with Crippen molar-refractivity contribution in [2.45, 2.75) is 26.4 Å². The number of fused-ring (bicyclic) bond motifs is 1. The third-order valence-corrected chi connectivity index (χ3v) is 5.37. The van der Waals surface area contributed by atoms with Crippen molar-refractivity contribution in [3.63, 3.8) is 0 Å². The highest BCUT2D eigenvalue weighted by atomic mass is 16.5. The number of aromatic nitrogens is 6. The van der Waals surface area contributed by atoms with E-state index in [9.17, 15) is 14.4 Å². The Labute approximate surface area is 223 Å². The van der Waals surface area contributed by atoms with Crippen molar-refractivity contribution in [1.29, 1.82) is 0 Å². The Morgan fingerprint density at radius 2 is 1.49 bits per heavy atom. The second-order valence-electron chi connectivity index (χ2n) is 8.39. The predicted octanol–water partition coefficient (Wildman–Crippen LogP) is 1.90. The highest BCUT2D eigenvalue weighted by molar-refractivity contribution is 5.91. The van der Waals surface area contributed by atoms with E-state index in [1.165, 1.54) is 34.1 Å². The lowest BCUT2D eigenvalue weighted by molar-refractivity contribution is -0.124. The average Bonchev–Trinajstić information content (AvgIpc) is 3.60. The van der Waals surface area contributed by atoms with Crippen LogP contribution in [-0.4, -0.2) is 47.4 Å². The lowest BCUT2D eigenvalue weighted by Crippen LogP contribution is -2.21. The van der Waals surface area contributed by atoms with Gasteiger partial charge in [-0.2, -0.15) is 5.10 Å². The van der Waals surface area contributed by atoms with Crippen molar-refractivity contribution < 1.29 is 19.1 Å². The van der Waals surface area contributed by atoms with Gasteiger partial charge in [0.25, 0.3) is 11.5 Å². The summed E-state index contributed by atoms with van der Waals surface area (Å²) in [4.78, 5) is 44.8. The number of benzene rings is 2. The van der Waals surface area contributed by atoms with Crippen molar-refractivity contribution in [2.75, 3.05) is 6.61 Å². The van der Waals surface area contributed by atoms with Crippen LogP contribution in [0.1, 0.15) is 27.4 Å². The lowest BCUT2D eigenvalue weighted by atomic mass is 10.2. The maximum Gasteiger partial charge on any atom is 0.277 e. The van der Waals surface area contributed by atoms with Gasteiger partial charge in [-0.25, -0.2) is 14.5 Å². The molecule has 0 unspecified atom stereocenters. The molecule has 2 aromatic carbocycles. The second kappa shape index (κ2) is 13.6. The first-order valence-electron chi connectivity index (χ1n) is 12.0. The summed E-state index contributed by atoms with van der Waals surface area (Å²) in [5.41, 5.74) is 7.66. The highest BCUT2D eigenvalue weighted by Crippen LogP contribution is 2.04. The first-order valence-corrected chi connectivity index (χ1v) is 12.0. The van der Waals surface area contributed by atoms with E-state index in [1.54, 1.807) is 0 Å². The fourth-order valence-corrected chi connectivity index (χ4v) is 3.53. The van der Waals surface area contributed by atoms with Crippen molar-refractivity contribution in [3.05, 3.63) is 119 Å². The van der Waals surface area contributed by atoms with Crippen LogP contribution in [0.5, 0.6) is 0 Å². The first kappa shape index (κ1) is 27.1. The number of amides is 1. The number of carbonyl (C=O) groups excluding carboxylic acids is 2. The molecule has 3 aromatic heterocycles. The number of H-pyrrole nitrogens is 1. The van der Waals surface area contributed by atoms with Gasteiger partial charge in [-0.05, 0) is 11.1 Å². The molecule has 0 fully saturated rings. The third kappa shape index (κ3) is 8.02. The zero-order chi connectivity index (χ0) is 27.5. The maximum atomic E-state index is 11.7. The Hall–Kier alpha value is -4.94. The molecule has 12 heteroatoms. The standard InChI is InChI=1S/C14H15N3O3.C13H12N4O2/c15-14(19)13-6-16-10-17(13)7-12(18)9-20-8-11-4-2-1-3-5-11;18-13-11-6-14-9-17(11)16-12(15-13)8-19-7-10-4-2-1-3-5-10/h1-6,10H,7-9H2,(H2,15,19);1-6,9H,7-8H2,(H,15,16,18). The van der Waals surface area contributed by atoms with Crippen LogP contribution in [0.3, 0.4) is 0 Å². The van der Waals surface area contributed by atoms with Gasteiger partial charge in [-0.1, -0.05) is 60.7 Å². The Morgan fingerprint density at radius 3 is 2.15 bits per heavy atom. The molecule has 3 heterocycles. The molecule has 5 rings (SSSR count). The molecule has 0 aliphatic carbocycles. The van der Waals surface area contributed by atoms with Crippen LogP contribution < -0.4 is 11.3 Å². The van der Waals surface area contributed by atoms with Crippen molar-refractivity contribution in [1.82, 2.24) is 29.1 Å². The summed E-state index contributed by atoms with van der Waals surface area (Å²) in [5.74, 6) is -0.284. The van der Waals surface area contributed by atoms with E-state index >= 15 is 0 Å². The molecule has 0 saturated heterocycles. The minimum absolute atomic E-state index is 0.0209. The Balaban J connectivity index is 0.000000181. The van der Waals surface area contributed by atoms with Crippen LogP contribution in [-0.2, 0) is 40.6 Å². The first-order chi connectivity index (χ1) is 19.0. The number of primary amides is 1. The lowest BCUT2D eigenvalue weighted by Gasteiger charge is -2.06. The van der Waals surface area contributed by atoms with Gasteiger partial charge in [0.1, 0.15) is 30.8 Å². The van der Waals surface area contributed by atoms with Gasteiger partial charge in [-0.15, -0.1) is 0 Å². The smallest absolute Gasteiger partial charge is 0.277 e. The van der Waals surface area contributed by atoms with Crippen molar-refractivity contribution in [3.8, 4) is 0 Å². The van der Waals surface area contributed by atoms with Gasteiger partial charge in [-0.3, -0.25) is 14.4 Å². The summed E-state index contributed by atoms with van der Waals surface area (Å²) in [7, 11) is 0. The molecular formula is C27H27N7O5. The monoisotopic (exact) mass is 529 g/mol. The van der Waals surface area contributed by atoms with E-state index in [0.29, 0.717) is 24.6 Å². The number of hydrogen-bond donors (Lipinski definition) is 2. The largest absolute Gasteiger partial charge is 0.369 e. The van der Waals surface area contributed by atoms with E-state index in [1.807, 2.05) is 60.7 Å². The zero-order valence-corrected chi connectivity index (χ0v) is 21.0. The molecule has 5 aromatic rings. The molecule has 39 heavy (non-hydrogen) atoms. The quantitative estimate of drug-likeness (QED) is 0.262. The average molecular weight is 530 g/mol. The molecular weight excluding hydrogens is 502 g/mol. The Morgan fingerprint density at radius 1 is 0.846 bits per heavy atom. The summed E-state index contributed by atoms with van der Waals surface area (Å²) in [6, 6.07) is 19.4. The maximum absolute atomic E-state index is 11.7. The fraction of sp³-hybridized carbons (Fsp3) is 0.185. The van der Waals surface area contributed by atoms with Crippen LogP contribution in [0.2, 0.25) is 0 Å². The number of nitrogens with zero attached hydrogens (tertiary/aromatic N) is 5. The van der Waals surface area contributed by atoms with Crippen molar-refractivity contribution >= 4 is 17.2 Å². The molecule has 0 atom stereocenters. The summed E-state index contributed by atoms with van der Waals surface area (Å²) in [5, 5.41) is 4.20. The van der Waals surface area contributed by atoms with Crippen LogP contribution in [0.25, 0.3) is 5.52 Å². The third-order valence-electron chi connectivity index (χ3n) is 5.37. The van der Waals surface area contributed by atoms with Gasteiger partial charge in [0.2, 0.25) is 0 Å². The van der Waals surface area contributed by atoms with Gasteiger partial charge in [0.15, 0.2) is 11.6 Å². The predicted molar refractivity (Wildman–Crippen MR) is 140 cm³/mol. The summed E-state index contributed by atoms with van der Waals surface area (Å²) in [6.45, 7) is 1.10. The molecule has 0 radical (unpaired) electrons. The molecule has 0 aliphatic rings. The molecule has 0 aliphatic heterocycles. The highest BCUT2D eigenvalue weighted by Gasteiger charge is 2.11. The van der Waals surface area contributed by atoms with E-state index < -0.39 is 5.91 Å². The number of Topliss-reactive ketones (excluding diaryl/α,β-unsaturated/α-hetero) is 1. The Kier molecular flexibility index (Phi) is 9.42.